The normalized spacial score (nSPS) is 21.6. The van der Waals surface area contributed by atoms with Crippen LogP contribution in [0.15, 0.2) is 77.2 Å². The third-order valence-electron chi connectivity index (χ3n) is 14.3. The van der Waals surface area contributed by atoms with Crippen molar-refractivity contribution in [2.45, 2.75) is 114 Å². The zero-order chi connectivity index (χ0) is 48.5. The van der Waals surface area contributed by atoms with Crippen molar-refractivity contribution in [3.8, 4) is 17.4 Å². The molecule has 0 unspecified atom stereocenters. The number of H-pyrrole nitrogens is 2. The number of benzene rings is 3. The van der Waals surface area contributed by atoms with Crippen molar-refractivity contribution in [3.05, 3.63) is 94.5 Å². The molecule has 1 saturated heterocycles. The Morgan fingerprint density at radius 2 is 1.77 bits per heavy atom. The van der Waals surface area contributed by atoms with E-state index in [1.54, 1.807) is 19.1 Å². The van der Waals surface area contributed by atoms with Crippen LogP contribution in [0.3, 0.4) is 0 Å². The van der Waals surface area contributed by atoms with Crippen molar-refractivity contribution in [2.75, 3.05) is 49.5 Å². The second-order valence-electron chi connectivity index (χ2n) is 19.4. The summed E-state index contributed by atoms with van der Waals surface area (Å²) in [5.74, 6) is -0.370. The van der Waals surface area contributed by atoms with Gasteiger partial charge in [-0.25, -0.2) is 22.5 Å². The first-order chi connectivity index (χ1) is 33.2. The van der Waals surface area contributed by atoms with Crippen LogP contribution in [0, 0.1) is 16.6 Å². The van der Waals surface area contributed by atoms with Gasteiger partial charge in [0.25, 0.3) is 21.8 Å². The quantitative estimate of drug-likeness (QED) is 0.0610. The molecule has 18 heteroatoms. The summed E-state index contributed by atoms with van der Waals surface area (Å²) in [7, 11) is -4.71. The fourth-order valence-electron chi connectivity index (χ4n) is 10.8. The molecule has 3 fully saturated rings. The first kappa shape index (κ1) is 47.9. The van der Waals surface area contributed by atoms with Crippen LogP contribution in [0.25, 0.3) is 22.1 Å². The molecular weight excluding hydrogens is 902 g/mol. The number of nitroso groups, excluding NO2 is 1. The number of hydrogen-bond donors (Lipinski definition) is 5. The van der Waals surface area contributed by atoms with Gasteiger partial charge >= 0.3 is 0 Å². The van der Waals surface area contributed by atoms with Gasteiger partial charge in [0.15, 0.2) is 5.75 Å². The van der Waals surface area contributed by atoms with Crippen LogP contribution in [0.1, 0.15) is 119 Å². The molecule has 3 aromatic heterocycles. The van der Waals surface area contributed by atoms with Gasteiger partial charge < -0.3 is 34.8 Å². The molecule has 366 valence electrons. The lowest BCUT2D eigenvalue weighted by molar-refractivity contribution is 0.00976. The Hall–Kier alpha value is -6.11. The number of rotatable bonds is 15. The Labute approximate surface area is 401 Å². The second-order valence-corrected chi connectivity index (χ2v) is 21.1. The highest BCUT2D eigenvalue weighted by molar-refractivity contribution is 7.90. The van der Waals surface area contributed by atoms with Crippen LogP contribution in [-0.2, 0) is 10.0 Å². The molecule has 16 nitrogen and oxygen atoms in total. The topological polar surface area (TPSA) is 207 Å². The first-order valence-electron chi connectivity index (χ1n) is 24.3. The fourth-order valence-corrected chi connectivity index (χ4v) is 11.9. The van der Waals surface area contributed by atoms with Crippen molar-refractivity contribution in [1.29, 1.82) is 0 Å². The van der Waals surface area contributed by atoms with Crippen molar-refractivity contribution >= 4 is 55.1 Å². The highest BCUT2D eigenvalue weighted by Crippen LogP contribution is 2.43. The van der Waals surface area contributed by atoms with Crippen LogP contribution in [0.2, 0.25) is 0 Å². The van der Waals surface area contributed by atoms with Gasteiger partial charge in [0.2, 0.25) is 0 Å². The minimum atomic E-state index is -4.71. The number of nitrogens with zero attached hydrogens (tertiary/aromatic N) is 5. The van der Waals surface area contributed by atoms with Crippen LogP contribution >= 0.6 is 0 Å². The molecule has 0 bridgehead atoms. The molecule has 5 N–H and O–H groups in total. The molecule has 3 aliphatic rings. The summed E-state index contributed by atoms with van der Waals surface area (Å²) in [5, 5.41) is 17.0. The van der Waals surface area contributed by atoms with E-state index < -0.39 is 32.2 Å². The minimum absolute atomic E-state index is 0.00247. The van der Waals surface area contributed by atoms with Gasteiger partial charge in [0, 0.05) is 62.8 Å². The molecule has 69 heavy (non-hydrogen) atoms. The summed E-state index contributed by atoms with van der Waals surface area (Å²) in [6.07, 6.45) is 10.7. The predicted octanol–water partition coefficient (Wildman–Crippen LogP) is 10.0. The second kappa shape index (κ2) is 20.1. The van der Waals surface area contributed by atoms with Crippen molar-refractivity contribution in [2.24, 2.45) is 11.1 Å². The highest BCUT2D eigenvalue weighted by Gasteiger charge is 2.36. The molecule has 4 heterocycles. The van der Waals surface area contributed by atoms with Gasteiger partial charge in [-0.3, -0.25) is 9.69 Å². The lowest BCUT2D eigenvalue weighted by Gasteiger charge is -2.38. The van der Waals surface area contributed by atoms with E-state index in [-0.39, 0.29) is 68.9 Å². The summed E-state index contributed by atoms with van der Waals surface area (Å²) in [4.78, 5) is 45.7. The Kier molecular flexibility index (Phi) is 14.0. The molecule has 0 radical (unpaired) electrons. The highest BCUT2D eigenvalue weighted by atomic mass is 32.2. The largest absolute Gasteiger partial charge is 0.475 e. The van der Waals surface area contributed by atoms with E-state index in [0.717, 1.165) is 63.6 Å². The van der Waals surface area contributed by atoms with Gasteiger partial charge in [0.05, 0.1) is 40.7 Å². The van der Waals surface area contributed by atoms with E-state index in [0.29, 0.717) is 37.3 Å². The molecule has 3 aromatic carbocycles. The fraction of sp³-hybridized carbons (Fsp3) is 0.471. The van der Waals surface area contributed by atoms with Crippen LogP contribution < -0.4 is 24.4 Å². The number of ether oxygens (including phenoxy) is 2. The van der Waals surface area contributed by atoms with Gasteiger partial charge in [0.1, 0.15) is 33.3 Å². The number of aliphatic hydroxyl groups is 1. The van der Waals surface area contributed by atoms with Gasteiger partial charge in [-0.05, 0) is 117 Å². The minimum Gasteiger partial charge on any atom is -0.475 e. The number of carbonyl (C=O) groups is 1. The molecule has 0 spiro atoms. The van der Waals surface area contributed by atoms with Gasteiger partial charge in [-0.1, -0.05) is 44.5 Å². The van der Waals surface area contributed by atoms with E-state index in [2.05, 4.69) is 83.1 Å². The van der Waals surface area contributed by atoms with Crippen LogP contribution in [0.5, 0.6) is 17.4 Å². The maximum atomic E-state index is 15.0. The van der Waals surface area contributed by atoms with E-state index in [1.807, 2.05) is 6.92 Å². The smallest absolute Gasteiger partial charge is 0.268 e. The number of carbonyl (C=O) groups excluding carboxylic acids is 1. The maximum Gasteiger partial charge on any atom is 0.268 e. The number of hydrogen-bond acceptors (Lipinski definition) is 13. The monoisotopic (exact) mass is 963 g/mol. The average Bonchev–Trinajstić information content (AvgIpc) is 4.09. The number of aromatic nitrogens is 4. The van der Waals surface area contributed by atoms with E-state index in [9.17, 15) is 27.6 Å². The maximum absolute atomic E-state index is 15.0. The molecule has 2 aliphatic carbocycles. The average molecular weight is 964 g/mol. The lowest BCUT2D eigenvalue weighted by atomic mass is 9.80. The van der Waals surface area contributed by atoms with Crippen LogP contribution in [-0.4, -0.2) is 95.2 Å². The number of imidazole rings is 1. The van der Waals surface area contributed by atoms with E-state index in [4.69, 9.17) is 9.47 Å². The Bertz CT molecular complexity index is 2940. The Morgan fingerprint density at radius 1 is 1.00 bits per heavy atom. The zero-order valence-electron chi connectivity index (χ0n) is 39.7. The standard InChI is InChI=1S/C51H62FN9O7S/c1-5-67-50-43(26-38-39(52)29-54-48(38)57-50)68-42-25-33(60-21-9-23-61(24-10-22-60)41-14-8-13-36(41)35-12-7-6-11-34(35)31(2)3)15-16-37(42)49(62)59-69(65,66)44-27-40(58-64)45(47-46(44)55-30-56-47)53-28-32-17-19-51(4,63)20-18-32/h6-7,11-12,15-16,25-27,29-32,36,41,53,63H,5,8-10,13-14,17-24,28H2,1-4H3,(H,54,57)(H,55,56)(H,59,62)/t32?,36-,41-,51?/m0/s1. The number of pyridine rings is 1. The summed E-state index contributed by atoms with van der Waals surface area (Å²) in [6.45, 7) is 12.1. The van der Waals surface area contributed by atoms with Crippen molar-refractivity contribution in [1.82, 2.24) is 29.6 Å². The Balaban J connectivity index is 0.985. The third-order valence-corrected chi connectivity index (χ3v) is 15.7. The first-order valence-corrected chi connectivity index (χ1v) is 25.8. The van der Waals surface area contributed by atoms with E-state index >= 15 is 0 Å². The number of anilines is 2. The van der Waals surface area contributed by atoms with Crippen LogP contribution in [0.4, 0.5) is 21.5 Å². The Morgan fingerprint density at radius 3 is 2.51 bits per heavy atom. The predicted molar refractivity (Wildman–Crippen MR) is 265 cm³/mol. The van der Waals surface area contributed by atoms with Crippen molar-refractivity contribution in [3.63, 3.8) is 0 Å². The third kappa shape index (κ3) is 10.1. The summed E-state index contributed by atoms with van der Waals surface area (Å²) in [6, 6.07) is 16.9. The molecule has 9 rings (SSSR count). The number of nitrogens with one attached hydrogen (secondary N) is 4. The number of amides is 1. The zero-order valence-corrected chi connectivity index (χ0v) is 40.5. The number of aromatic amines is 2. The molecule has 6 aromatic rings. The summed E-state index contributed by atoms with van der Waals surface area (Å²) >= 11 is 0. The molecule has 1 amide bonds. The van der Waals surface area contributed by atoms with E-state index in [1.165, 1.54) is 55.0 Å². The summed E-state index contributed by atoms with van der Waals surface area (Å²) < 4.78 is 58.0. The molecule has 1 aliphatic heterocycles. The number of halogens is 1. The summed E-state index contributed by atoms with van der Waals surface area (Å²) in [5.41, 5.74) is 3.39. The van der Waals surface area contributed by atoms with Crippen molar-refractivity contribution < 1.29 is 32.2 Å². The molecular formula is C51H62FN9O7S. The number of fused-ring (bicyclic) bond motifs is 2. The lowest BCUT2D eigenvalue weighted by Crippen LogP contribution is -2.43. The van der Waals surface area contributed by atoms with Gasteiger partial charge in [-0.2, -0.15) is 4.98 Å². The number of sulfonamides is 1. The molecule has 2 atom stereocenters. The SMILES string of the molecule is CCOc1nc2[nH]cc(F)c2cc1Oc1cc(N2CCCN([C@H]3CCC[C@H]3c3ccccc3C(C)C)CCC2)ccc1C(=O)NS(=O)(=O)c1cc(N=O)c(NCC2CCC(C)(O)CC2)c2[nH]cnc12. The van der Waals surface area contributed by atoms with Gasteiger partial charge in [-0.15, -0.1) is 4.91 Å². The molecule has 2 saturated carbocycles.